The van der Waals surface area contributed by atoms with Gasteiger partial charge in [-0.15, -0.1) is 0 Å². The summed E-state index contributed by atoms with van der Waals surface area (Å²) in [6.45, 7) is 12.7. The standard InChI is InChI=1S/C19H31N3O2/c1-6-13-22(18(23)24-19(3,4)5)17-15(10-8-12-20-17)16-11-9-14-21(16)7-2/h8,10,12,16H,6-7,9,11,13-14H2,1-5H3/t16-/m0/s1. The van der Waals surface area contributed by atoms with E-state index in [2.05, 4.69) is 29.8 Å². The lowest BCUT2D eigenvalue weighted by atomic mass is 10.0. The number of carbonyl (C=O) groups excluding carboxylic acids is 1. The third-order valence-corrected chi connectivity index (χ3v) is 4.26. The minimum atomic E-state index is -0.513. The van der Waals surface area contributed by atoms with Gasteiger partial charge in [0, 0.05) is 24.3 Å². The van der Waals surface area contributed by atoms with Crippen molar-refractivity contribution in [3.63, 3.8) is 0 Å². The van der Waals surface area contributed by atoms with Crippen molar-refractivity contribution < 1.29 is 9.53 Å². The third-order valence-electron chi connectivity index (χ3n) is 4.26. The van der Waals surface area contributed by atoms with E-state index in [0.717, 1.165) is 37.3 Å². The van der Waals surface area contributed by atoms with Gasteiger partial charge in [-0.1, -0.05) is 19.9 Å². The Morgan fingerprint density at radius 2 is 2.17 bits per heavy atom. The molecule has 0 N–H and O–H groups in total. The Morgan fingerprint density at radius 1 is 1.42 bits per heavy atom. The molecule has 1 fully saturated rings. The summed E-state index contributed by atoms with van der Waals surface area (Å²) in [7, 11) is 0. The highest BCUT2D eigenvalue weighted by atomic mass is 16.6. The molecule has 0 aliphatic carbocycles. The molecular weight excluding hydrogens is 302 g/mol. The second kappa shape index (κ2) is 7.97. The maximum atomic E-state index is 12.7. The topological polar surface area (TPSA) is 45.7 Å². The van der Waals surface area contributed by atoms with Crippen molar-refractivity contribution in [3.05, 3.63) is 23.9 Å². The summed E-state index contributed by atoms with van der Waals surface area (Å²) in [6.07, 6.45) is 4.60. The van der Waals surface area contributed by atoms with Crippen LogP contribution < -0.4 is 4.90 Å². The van der Waals surface area contributed by atoms with Gasteiger partial charge in [-0.3, -0.25) is 9.80 Å². The number of carbonyl (C=O) groups is 1. The van der Waals surface area contributed by atoms with Crippen LogP contribution in [0, 0.1) is 0 Å². The van der Waals surface area contributed by atoms with E-state index in [-0.39, 0.29) is 6.09 Å². The SMILES string of the molecule is CCCN(C(=O)OC(C)(C)C)c1ncccc1[C@@H]1CCCN1CC. The molecule has 134 valence electrons. The fraction of sp³-hybridized carbons (Fsp3) is 0.684. The highest BCUT2D eigenvalue weighted by Gasteiger charge is 2.31. The zero-order valence-electron chi connectivity index (χ0n) is 15.7. The van der Waals surface area contributed by atoms with Gasteiger partial charge < -0.3 is 4.74 Å². The largest absolute Gasteiger partial charge is 0.443 e. The molecule has 1 aliphatic rings. The van der Waals surface area contributed by atoms with Crippen molar-refractivity contribution in [2.24, 2.45) is 0 Å². The molecule has 0 bridgehead atoms. The van der Waals surface area contributed by atoms with E-state index in [0.29, 0.717) is 12.6 Å². The van der Waals surface area contributed by atoms with Crippen molar-refractivity contribution in [2.45, 2.75) is 65.5 Å². The maximum absolute atomic E-state index is 12.7. The minimum Gasteiger partial charge on any atom is -0.443 e. The van der Waals surface area contributed by atoms with Crippen LogP contribution in [0.3, 0.4) is 0 Å². The summed E-state index contributed by atoms with van der Waals surface area (Å²) in [5.41, 5.74) is 0.622. The van der Waals surface area contributed by atoms with Crippen molar-refractivity contribution in [2.75, 3.05) is 24.5 Å². The molecule has 2 heterocycles. The van der Waals surface area contributed by atoms with E-state index in [1.54, 1.807) is 11.1 Å². The summed E-state index contributed by atoms with van der Waals surface area (Å²) in [6, 6.07) is 4.40. The van der Waals surface area contributed by atoms with Crippen molar-refractivity contribution in [1.82, 2.24) is 9.88 Å². The average molecular weight is 333 g/mol. The van der Waals surface area contributed by atoms with Crippen molar-refractivity contribution in [3.8, 4) is 0 Å². The van der Waals surface area contributed by atoms with Crippen LogP contribution in [-0.2, 0) is 4.74 Å². The summed E-state index contributed by atoms with van der Waals surface area (Å²) in [4.78, 5) is 21.4. The van der Waals surface area contributed by atoms with Gasteiger partial charge in [-0.2, -0.15) is 0 Å². The molecule has 0 saturated carbocycles. The molecule has 0 radical (unpaired) electrons. The molecule has 2 rings (SSSR count). The van der Waals surface area contributed by atoms with Crippen LogP contribution in [0.1, 0.15) is 65.5 Å². The molecule has 5 nitrogen and oxygen atoms in total. The molecule has 0 aromatic carbocycles. The van der Waals surface area contributed by atoms with Gasteiger partial charge in [0.25, 0.3) is 0 Å². The van der Waals surface area contributed by atoms with Crippen LogP contribution in [0.15, 0.2) is 18.3 Å². The van der Waals surface area contributed by atoms with E-state index < -0.39 is 5.60 Å². The Bertz CT molecular complexity index is 554. The van der Waals surface area contributed by atoms with Crippen LogP contribution in [-0.4, -0.2) is 41.2 Å². The Hall–Kier alpha value is -1.62. The second-order valence-corrected chi connectivity index (χ2v) is 7.33. The number of hydrogen-bond acceptors (Lipinski definition) is 4. The number of hydrogen-bond donors (Lipinski definition) is 0. The molecular formula is C19H31N3O2. The average Bonchev–Trinajstić information content (AvgIpc) is 2.99. The lowest BCUT2D eigenvalue weighted by molar-refractivity contribution is 0.0578. The molecule has 1 aromatic rings. The van der Waals surface area contributed by atoms with Gasteiger partial charge in [-0.05, 0) is 59.2 Å². The van der Waals surface area contributed by atoms with Crippen LogP contribution >= 0.6 is 0 Å². The maximum Gasteiger partial charge on any atom is 0.416 e. The van der Waals surface area contributed by atoms with Gasteiger partial charge in [-0.25, -0.2) is 9.78 Å². The Morgan fingerprint density at radius 3 is 2.79 bits per heavy atom. The van der Waals surface area contributed by atoms with Crippen molar-refractivity contribution >= 4 is 11.9 Å². The number of likely N-dealkylation sites (tertiary alicyclic amines) is 1. The van der Waals surface area contributed by atoms with E-state index in [9.17, 15) is 4.79 Å². The molecule has 1 aliphatic heterocycles. The minimum absolute atomic E-state index is 0.314. The number of aromatic nitrogens is 1. The smallest absolute Gasteiger partial charge is 0.416 e. The van der Waals surface area contributed by atoms with Gasteiger partial charge in [0.2, 0.25) is 0 Å². The van der Waals surface area contributed by atoms with Gasteiger partial charge in [0.1, 0.15) is 11.4 Å². The van der Waals surface area contributed by atoms with Gasteiger partial charge in [0.05, 0.1) is 0 Å². The first-order chi connectivity index (χ1) is 11.4. The Labute approximate surface area is 146 Å². The number of pyridine rings is 1. The predicted octanol–water partition coefficient (Wildman–Crippen LogP) is 4.39. The Balaban J connectivity index is 2.35. The van der Waals surface area contributed by atoms with Crippen molar-refractivity contribution in [1.29, 1.82) is 0 Å². The molecule has 1 amide bonds. The molecule has 1 aromatic heterocycles. The van der Waals surface area contributed by atoms with Crippen LogP contribution in [0.2, 0.25) is 0 Å². The molecule has 0 unspecified atom stereocenters. The van der Waals surface area contributed by atoms with Gasteiger partial charge in [0.15, 0.2) is 0 Å². The third kappa shape index (κ3) is 4.47. The number of amides is 1. The van der Waals surface area contributed by atoms with E-state index in [1.165, 1.54) is 6.42 Å². The first-order valence-electron chi connectivity index (χ1n) is 9.06. The first-order valence-corrected chi connectivity index (χ1v) is 9.06. The zero-order chi connectivity index (χ0) is 17.7. The van der Waals surface area contributed by atoms with Crippen LogP contribution in [0.4, 0.5) is 10.6 Å². The summed E-state index contributed by atoms with van der Waals surface area (Å²) in [5, 5.41) is 0. The molecule has 5 heteroatoms. The molecule has 0 spiro atoms. The zero-order valence-corrected chi connectivity index (χ0v) is 15.7. The van der Waals surface area contributed by atoms with E-state index in [1.807, 2.05) is 26.8 Å². The first kappa shape index (κ1) is 18.7. The molecule has 1 atom stereocenters. The fourth-order valence-corrected chi connectivity index (χ4v) is 3.28. The highest BCUT2D eigenvalue weighted by molar-refractivity contribution is 5.87. The molecule has 24 heavy (non-hydrogen) atoms. The number of anilines is 1. The van der Waals surface area contributed by atoms with Gasteiger partial charge >= 0.3 is 6.09 Å². The molecule has 1 saturated heterocycles. The number of ether oxygens (including phenoxy) is 1. The Kier molecular flexibility index (Phi) is 6.21. The predicted molar refractivity (Wildman–Crippen MR) is 97.3 cm³/mol. The summed E-state index contributed by atoms with van der Waals surface area (Å²) >= 11 is 0. The summed E-state index contributed by atoms with van der Waals surface area (Å²) < 4.78 is 5.61. The van der Waals surface area contributed by atoms with Crippen LogP contribution in [0.25, 0.3) is 0 Å². The van der Waals surface area contributed by atoms with Crippen LogP contribution in [0.5, 0.6) is 0 Å². The quantitative estimate of drug-likeness (QED) is 0.801. The van der Waals surface area contributed by atoms with E-state index in [4.69, 9.17) is 4.74 Å². The second-order valence-electron chi connectivity index (χ2n) is 7.33. The highest BCUT2D eigenvalue weighted by Crippen LogP contribution is 2.36. The monoisotopic (exact) mass is 333 g/mol. The fourth-order valence-electron chi connectivity index (χ4n) is 3.28. The lowest BCUT2D eigenvalue weighted by Gasteiger charge is -2.30. The summed E-state index contributed by atoms with van der Waals surface area (Å²) in [5.74, 6) is 0.749. The number of rotatable bonds is 5. The lowest BCUT2D eigenvalue weighted by Crippen LogP contribution is -2.39. The number of nitrogens with zero attached hydrogens (tertiary/aromatic N) is 3. The van der Waals surface area contributed by atoms with E-state index >= 15 is 0 Å². The normalized spacial score (nSPS) is 18.6.